The summed E-state index contributed by atoms with van der Waals surface area (Å²) >= 11 is 3.43. The predicted molar refractivity (Wildman–Crippen MR) is 118 cm³/mol. The summed E-state index contributed by atoms with van der Waals surface area (Å²) in [6.45, 7) is -2.10. The molecule has 3 aromatic rings. The van der Waals surface area contributed by atoms with E-state index >= 15 is 0 Å². The Morgan fingerprint density at radius 3 is 2.68 bits per heavy atom. The normalized spacial score (nSPS) is 11.4. The van der Waals surface area contributed by atoms with E-state index in [0.717, 1.165) is 15.8 Å². The van der Waals surface area contributed by atoms with E-state index < -0.39 is 6.61 Å². The molecule has 3 rings (SSSR count). The average Bonchev–Trinajstić information content (AvgIpc) is 3.04. The van der Waals surface area contributed by atoms with Crippen LogP contribution in [0.3, 0.4) is 0 Å². The zero-order chi connectivity index (χ0) is 19.2. The molecule has 0 spiro atoms. The summed E-state index contributed by atoms with van der Waals surface area (Å²) in [5.74, 6) is 0.668. The van der Waals surface area contributed by atoms with Crippen LogP contribution in [-0.4, -0.2) is 29.0 Å². The number of aliphatic imine (C=N–C) groups is 1. The Labute approximate surface area is 186 Å². The molecule has 0 aliphatic carbocycles. The topological polar surface area (TPSA) is 63.0 Å². The standard InChI is InChI=1S/C18H18BrF2N5O.HI/c1-22-18(23-8-12-4-2-3-5-15(12)27-17(20)21)24-9-14-11-26-10-13(19)6-7-16(26)25-14;/h2-7,10-11,17H,8-9H2,1H3,(H2,22,23,24);1H. The average molecular weight is 566 g/mol. The highest BCUT2D eigenvalue weighted by Gasteiger charge is 2.10. The SMILES string of the molecule is CN=C(NCc1cn2cc(Br)ccc2n1)NCc1ccccc1OC(F)F.I. The Bertz CT molecular complexity index is 951. The van der Waals surface area contributed by atoms with Crippen molar-refractivity contribution in [2.75, 3.05) is 7.05 Å². The molecule has 28 heavy (non-hydrogen) atoms. The second-order valence-electron chi connectivity index (χ2n) is 5.61. The smallest absolute Gasteiger partial charge is 0.387 e. The van der Waals surface area contributed by atoms with Crippen LogP contribution < -0.4 is 15.4 Å². The number of imidazole rings is 1. The van der Waals surface area contributed by atoms with Crippen LogP contribution in [0.5, 0.6) is 5.75 Å². The Kier molecular flexibility index (Phi) is 8.42. The van der Waals surface area contributed by atoms with Crippen LogP contribution in [0.1, 0.15) is 11.3 Å². The van der Waals surface area contributed by atoms with Crippen molar-refractivity contribution >= 4 is 51.5 Å². The number of ether oxygens (including phenoxy) is 1. The van der Waals surface area contributed by atoms with Gasteiger partial charge in [-0.2, -0.15) is 8.78 Å². The first-order valence-electron chi connectivity index (χ1n) is 8.15. The molecule has 0 aliphatic rings. The van der Waals surface area contributed by atoms with Crippen molar-refractivity contribution in [2.24, 2.45) is 4.99 Å². The van der Waals surface area contributed by atoms with Gasteiger partial charge in [0, 0.05) is 36.0 Å². The predicted octanol–water partition coefficient (Wildman–Crippen LogP) is 4.18. The molecule has 2 aromatic heterocycles. The summed E-state index contributed by atoms with van der Waals surface area (Å²) in [6, 6.07) is 10.5. The number of halogens is 4. The van der Waals surface area contributed by atoms with Gasteiger partial charge in [0.25, 0.3) is 0 Å². The van der Waals surface area contributed by atoms with Gasteiger partial charge < -0.3 is 19.8 Å². The lowest BCUT2D eigenvalue weighted by atomic mass is 10.2. The third kappa shape index (κ3) is 6.03. The van der Waals surface area contributed by atoms with Gasteiger partial charge in [0.2, 0.25) is 0 Å². The zero-order valence-electron chi connectivity index (χ0n) is 14.9. The minimum absolute atomic E-state index is 0. The Balaban J connectivity index is 0.00000280. The zero-order valence-corrected chi connectivity index (χ0v) is 18.8. The summed E-state index contributed by atoms with van der Waals surface area (Å²) in [7, 11) is 1.64. The number of alkyl halides is 2. The molecule has 0 bridgehead atoms. The van der Waals surface area contributed by atoms with Gasteiger partial charge in [-0.15, -0.1) is 24.0 Å². The maximum atomic E-state index is 12.5. The monoisotopic (exact) mass is 565 g/mol. The summed E-state index contributed by atoms with van der Waals surface area (Å²) in [5, 5.41) is 6.24. The number of pyridine rings is 1. The van der Waals surface area contributed by atoms with E-state index in [-0.39, 0.29) is 29.7 Å². The van der Waals surface area contributed by atoms with E-state index in [0.29, 0.717) is 24.6 Å². The Hall–Kier alpha value is -1.95. The molecule has 0 amide bonds. The Morgan fingerprint density at radius 2 is 1.93 bits per heavy atom. The molecule has 0 unspecified atom stereocenters. The van der Waals surface area contributed by atoms with Gasteiger partial charge in [0.1, 0.15) is 11.4 Å². The number of guanidine groups is 1. The van der Waals surface area contributed by atoms with Crippen molar-refractivity contribution in [3.8, 4) is 5.75 Å². The molecular weight excluding hydrogens is 547 g/mol. The van der Waals surface area contributed by atoms with E-state index in [1.165, 1.54) is 6.07 Å². The molecule has 6 nitrogen and oxygen atoms in total. The fourth-order valence-electron chi connectivity index (χ4n) is 2.54. The number of hydrogen-bond donors (Lipinski definition) is 2. The quantitative estimate of drug-likeness (QED) is 0.267. The van der Waals surface area contributed by atoms with Crippen LogP contribution in [0, 0.1) is 0 Å². The fourth-order valence-corrected chi connectivity index (χ4v) is 2.89. The van der Waals surface area contributed by atoms with Crippen molar-refractivity contribution < 1.29 is 13.5 Å². The van der Waals surface area contributed by atoms with Gasteiger partial charge >= 0.3 is 6.61 Å². The lowest BCUT2D eigenvalue weighted by Crippen LogP contribution is -2.36. The van der Waals surface area contributed by atoms with Crippen molar-refractivity contribution in [1.29, 1.82) is 0 Å². The van der Waals surface area contributed by atoms with Crippen molar-refractivity contribution in [3.63, 3.8) is 0 Å². The van der Waals surface area contributed by atoms with Crippen molar-refractivity contribution in [3.05, 3.63) is 64.5 Å². The third-order valence-electron chi connectivity index (χ3n) is 3.76. The molecule has 0 saturated heterocycles. The highest BCUT2D eigenvalue weighted by molar-refractivity contribution is 14.0. The highest BCUT2D eigenvalue weighted by atomic mass is 127. The number of benzene rings is 1. The van der Waals surface area contributed by atoms with Gasteiger partial charge in [-0.05, 0) is 34.1 Å². The maximum absolute atomic E-state index is 12.5. The minimum atomic E-state index is -2.86. The van der Waals surface area contributed by atoms with Crippen LogP contribution in [-0.2, 0) is 13.1 Å². The minimum Gasteiger partial charge on any atom is -0.434 e. The molecule has 10 heteroatoms. The number of rotatable bonds is 6. The molecule has 2 heterocycles. The molecule has 0 saturated carbocycles. The largest absolute Gasteiger partial charge is 0.434 e. The second-order valence-corrected chi connectivity index (χ2v) is 6.53. The van der Waals surface area contributed by atoms with Crippen molar-refractivity contribution in [1.82, 2.24) is 20.0 Å². The highest BCUT2D eigenvalue weighted by Crippen LogP contribution is 2.20. The molecular formula is C18H19BrF2IN5O. The summed E-state index contributed by atoms with van der Waals surface area (Å²) in [6.07, 6.45) is 3.85. The van der Waals surface area contributed by atoms with Gasteiger partial charge in [0.15, 0.2) is 5.96 Å². The lowest BCUT2D eigenvalue weighted by Gasteiger charge is -2.14. The van der Waals surface area contributed by atoms with Crippen molar-refractivity contribution in [2.45, 2.75) is 19.7 Å². The molecule has 0 radical (unpaired) electrons. The molecule has 2 N–H and O–H groups in total. The molecule has 0 aliphatic heterocycles. The van der Waals surface area contributed by atoms with E-state index in [9.17, 15) is 8.78 Å². The third-order valence-corrected chi connectivity index (χ3v) is 4.23. The van der Waals surface area contributed by atoms with Crippen LogP contribution >= 0.6 is 39.9 Å². The van der Waals surface area contributed by atoms with E-state index in [4.69, 9.17) is 0 Å². The van der Waals surface area contributed by atoms with Crippen LogP contribution in [0.4, 0.5) is 8.78 Å². The lowest BCUT2D eigenvalue weighted by molar-refractivity contribution is -0.0504. The number of nitrogens with zero attached hydrogens (tertiary/aromatic N) is 3. The first-order valence-corrected chi connectivity index (χ1v) is 8.95. The molecule has 150 valence electrons. The van der Waals surface area contributed by atoms with E-state index in [2.05, 4.69) is 41.3 Å². The second kappa shape index (κ2) is 10.6. The molecule has 0 fully saturated rings. The summed E-state index contributed by atoms with van der Waals surface area (Å²) in [5.41, 5.74) is 2.30. The van der Waals surface area contributed by atoms with Crippen LogP contribution in [0.2, 0.25) is 0 Å². The number of para-hydroxylation sites is 1. The molecule has 0 atom stereocenters. The van der Waals surface area contributed by atoms with Gasteiger partial charge in [0.05, 0.1) is 12.2 Å². The number of fused-ring (bicyclic) bond motifs is 1. The van der Waals surface area contributed by atoms with Crippen LogP contribution in [0.25, 0.3) is 5.65 Å². The first kappa shape index (κ1) is 22.3. The maximum Gasteiger partial charge on any atom is 0.387 e. The summed E-state index contributed by atoms with van der Waals surface area (Å²) in [4.78, 5) is 8.66. The van der Waals surface area contributed by atoms with E-state index in [1.54, 1.807) is 25.2 Å². The van der Waals surface area contributed by atoms with Gasteiger partial charge in [-0.25, -0.2) is 4.98 Å². The van der Waals surface area contributed by atoms with E-state index in [1.807, 2.05) is 28.9 Å². The molecule has 1 aromatic carbocycles. The summed E-state index contributed by atoms with van der Waals surface area (Å²) < 4.78 is 32.4. The first-order chi connectivity index (χ1) is 13.0. The number of aromatic nitrogens is 2. The van der Waals surface area contributed by atoms with Gasteiger partial charge in [-0.3, -0.25) is 4.99 Å². The van der Waals surface area contributed by atoms with Crippen LogP contribution in [0.15, 0.2) is 58.3 Å². The number of nitrogens with one attached hydrogen (secondary N) is 2. The Morgan fingerprint density at radius 1 is 1.18 bits per heavy atom. The van der Waals surface area contributed by atoms with Gasteiger partial charge in [-0.1, -0.05) is 18.2 Å². The number of hydrogen-bond acceptors (Lipinski definition) is 3. The fraction of sp³-hybridized carbons (Fsp3) is 0.222.